The van der Waals surface area contributed by atoms with Crippen molar-refractivity contribution in [1.29, 1.82) is 0 Å². The lowest BCUT2D eigenvalue weighted by atomic mass is 10.1. The first-order valence-corrected chi connectivity index (χ1v) is 7.87. The van der Waals surface area contributed by atoms with Gasteiger partial charge in [0.05, 0.1) is 22.7 Å². The van der Waals surface area contributed by atoms with Crippen molar-refractivity contribution in [1.82, 2.24) is 0 Å². The predicted molar refractivity (Wildman–Crippen MR) is 97.8 cm³/mol. The van der Waals surface area contributed by atoms with Gasteiger partial charge in [-0.15, -0.1) is 0 Å². The highest BCUT2D eigenvalue weighted by atomic mass is 16.6. The fraction of sp³-hybridized carbons (Fsp3) is 0.222. The molecule has 2 aromatic rings. The smallest absolute Gasteiger partial charge is 0.338 e. The molecule has 0 atom stereocenters. The van der Waals surface area contributed by atoms with Crippen molar-refractivity contribution in [2.45, 2.75) is 6.92 Å². The molecular weight excluding hydrogens is 338 g/mol. The number of nitrogens with one attached hydrogen (secondary N) is 1. The molecule has 0 unspecified atom stereocenters. The molecule has 0 heterocycles. The van der Waals surface area contributed by atoms with Crippen LogP contribution < -0.4 is 10.2 Å². The number of hydrogen-bond donors (Lipinski definition) is 1. The SMILES string of the molecule is CCOC(=O)c1cccc(NC(=O)c2cc([N+](=O)[O-])ccc2N(C)C)c1. The van der Waals surface area contributed by atoms with Crippen LogP contribution in [0.15, 0.2) is 42.5 Å². The van der Waals surface area contributed by atoms with Crippen LogP contribution in [0.2, 0.25) is 0 Å². The first-order valence-electron chi connectivity index (χ1n) is 7.87. The van der Waals surface area contributed by atoms with Crippen LogP contribution >= 0.6 is 0 Å². The summed E-state index contributed by atoms with van der Waals surface area (Å²) >= 11 is 0. The van der Waals surface area contributed by atoms with E-state index in [1.54, 1.807) is 44.1 Å². The normalized spacial score (nSPS) is 10.1. The van der Waals surface area contributed by atoms with Crippen LogP contribution in [0.3, 0.4) is 0 Å². The van der Waals surface area contributed by atoms with Crippen molar-refractivity contribution in [3.05, 3.63) is 63.7 Å². The number of esters is 1. The van der Waals surface area contributed by atoms with Gasteiger partial charge in [-0.3, -0.25) is 14.9 Å². The molecule has 0 radical (unpaired) electrons. The average molecular weight is 357 g/mol. The van der Waals surface area contributed by atoms with Crippen LogP contribution in [0.1, 0.15) is 27.6 Å². The van der Waals surface area contributed by atoms with Crippen LogP contribution in [-0.2, 0) is 4.74 Å². The van der Waals surface area contributed by atoms with Crippen LogP contribution in [0.5, 0.6) is 0 Å². The van der Waals surface area contributed by atoms with Crippen molar-refractivity contribution in [3.63, 3.8) is 0 Å². The zero-order valence-electron chi connectivity index (χ0n) is 14.7. The number of benzene rings is 2. The van der Waals surface area contributed by atoms with Crippen molar-refractivity contribution in [2.75, 3.05) is 30.9 Å². The predicted octanol–water partition coefficient (Wildman–Crippen LogP) is 3.09. The molecule has 8 nitrogen and oxygen atoms in total. The number of carbonyl (C=O) groups excluding carboxylic acids is 2. The van der Waals surface area contributed by atoms with Crippen LogP contribution in [0, 0.1) is 10.1 Å². The number of hydrogen-bond acceptors (Lipinski definition) is 6. The highest BCUT2D eigenvalue weighted by Crippen LogP contribution is 2.25. The summed E-state index contributed by atoms with van der Waals surface area (Å²) in [6, 6.07) is 10.4. The van der Waals surface area contributed by atoms with Crippen molar-refractivity contribution in [2.24, 2.45) is 0 Å². The van der Waals surface area contributed by atoms with E-state index < -0.39 is 16.8 Å². The maximum atomic E-state index is 12.6. The van der Waals surface area contributed by atoms with E-state index in [4.69, 9.17) is 4.74 Å². The average Bonchev–Trinajstić information content (AvgIpc) is 2.61. The third-order valence-corrected chi connectivity index (χ3v) is 3.55. The lowest BCUT2D eigenvalue weighted by molar-refractivity contribution is -0.384. The summed E-state index contributed by atoms with van der Waals surface area (Å²) < 4.78 is 4.93. The second-order valence-electron chi connectivity index (χ2n) is 5.61. The number of anilines is 2. The van der Waals surface area contributed by atoms with Crippen molar-refractivity contribution in [3.8, 4) is 0 Å². The second kappa shape index (κ2) is 8.11. The van der Waals surface area contributed by atoms with Gasteiger partial charge in [0.15, 0.2) is 0 Å². The quantitative estimate of drug-likeness (QED) is 0.484. The summed E-state index contributed by atoms with van der Waals surface area (Å²) in [7, 11) is 3.47. The summed E-state index contributed by atoms with van der Waals surface area (Å²) in [5.74, 6) is -1.01. The second-order valence-corrected chi connectivity index (χ2v) is 5.61. The number of rotatable bonds is 6. The van der Waals surface area contributed by atoms with Gasteiger partial charge < -0.3 is 15.0 Å². The van der Waals surface area contributed by atoms with Gasteiger partial charge in [-0.2, -0.15) is 0 Å². The molecule has 1 N–H and O–H groups in total. The largest absolute Gasteiger partial charge is 0.462 e. The minimum atomic E-state index is -0.558. The van der Waals surface area contributed by atoms with Gasteiger partial charge in [0.2, 0.25) is 0 Å². The van der Waals surface area contributed by atoms with Gasteiger partial charge >= 0.3 is 5.97 Å². The molecule has 0 spiro atoms. The van der Waals surface area contributed by atoms with Crippen molar-refractivity contribution >= 4 is 28.9 Å². The Hall–Kier alpha value is -3.42. The van der Waals surface area contributed by atoms with Crippen LogP contribution in [0.25, 0.3) is 0 Å². The number of ether oxygens (including phenoxy) is 1. The molecule has 26 heavy (non-hydrogen) atoms. The van der Waals surface area contributed by atoms with Gasteiger partial charge in [0, 0.05) is 37.6 Å². The number of nitrogens with zero attached hydrogens (tertiary/aromatic N) is 2. The molecular formula is C18H19N3O5. The molecule has 8 heteroatoms. The Balaban J connectivity index is 2.32. The fourth-order valence-electron chi connectivity index (χ4n) is 2.35. The van der Waals surface area contributed by atoms with Gasteiger partial charge in [-0.05, 0) is 31.2 Å². The van der Waals surface area contributed by atoms with E-state index in [1.165, 1.54) is 24.3 Å². The van der Waals surface area contributed by atoms with E-state index in [0.29, 0.717) is 16.9 Å². The monoisotopic (exact) mass is 357 g/mol. The summed E-state index contributed by atoms with van der Waals surface area (Å²) in [5, 5.41) is 13.7. The molecule has 0 aliphatic rings. The van der Waals surface area contributed by atoms with E-state index in [0.717, 1.165) is 0 Å². The summed E-state index contributed by atoms with van der Waals surface area (Å²) in [6.45, 7) is 1.95. The van der Waals surface area contributed by atoms with E-state index in [-0.39, 0.29) is 17.9 Å². The molecule has 0 fully saturated rings. The van der Waals surface area contributed by atoms with Gasteiger partial charge in [-0.1, -0.05) is 6.07 Å². The third-order valence-electron chi connectivity index (χ3n) is 3.55. The highest BCUT2D eigenvalue weighted by molar-refractivity contribution is 6.09. The summed E-state index contributed by atoms with van der Waals surface area (Å²) in [4.78, 5) is 36.6. The van der Waals surface area contributed by atoms with E-state index >= 15 is 0 Å². The summed E-state index contributed by atoms with van der Waals surface area (Å²) in [6.07, 6.45) is 0. The Morgan fingerprint density at radius 3 is 2.54 bits per heavy atom. The van der Waals surface area contributed by atoms with Gasteiger partial charge in [0.25, 0.3) is 11.6 Å². The fourth-order valence-corrected chi connectivity index (χ4v) is 2.35. The van der Waals surface area contributed by atoms with E-state index in [9.17, 15) is 19.7 Å². The Morgan fingerprint density at radius 2 is 1.92 bits per heavy atom. The zero-order chi connectivity index (χ0) is 19.3. The molecule has 0 aromatic heterocycles. The van der Waals surface area contributed by atoms with Gasteiger partial charge in [0.1, 0.15) is 0 Å². The minimum absolute atomic E-state index is 0.158. The van der Waals surface area contributed by atoms with Crippen LogP contribution in [0.4, 0.5) is 17.1 Å². The Bertz CT molecular complexity index is 848. The van der Waals surface area contributed by atoms with E-state index in [1.807, 2.05) is 0 Å². The standard InChI is InChI=1S/C18H19N3O5/c1-4-26-18(23)12-6-5-7-13(10-12)19-17(22)15-11-14(21(24)25)8-9-16(15)20(2)3/h5-11H,4H2,1-3H3,(H,19,22). The number of amides is 1. The highest BCUT2D eigenvalue weighted by Gasteiger charge is 2.18. The molecule has 0 saturated heterocycles. The molecule has 0 bridgehead atoms. The number of nitro benzene ring substituents is 1. The molecule has 2 aromatic carbocycles. The number of non-ortho nitro benzene ring substituents is 1. The Labute approximate surface area is 150 Å². The summed E-state index contributed by atoms with van der Waals surface area (Å²) in [5.41, 5.74) is 1.20. The van der Waals surface area contributed by atoms with E-state index in [2.05, 4.69) is 5.32 Å². The van der Waals surface area contributed by atoms with Gasteiger partial charge in [-0.25, -0.2) is 4.79 Å². The first kappa shape index (κ1) is 18.9. The molecule has 2 rings (SSSR count). The lowest BCUT2D eigenvalue weighted by Crippen LogP contribution is -2.19. The maximum absolute atomic E-state index is 12.6. The minimum Gasteiger partial charge on any atom is -0.462 e. The lowest BCUT2D eigenvalue weighted by Gasteiger charge is -2.17. The Kier molecular flexibility index (Phi) is 5.90. The number of carbonyl (C=O) groups is 2. The molecule has 136 valence electrons. The molecule has 1 amide bonds. The van der Waals surface area contributed by atoms with Crippen molar-refractivity contribution < 1.29 is 19.2 Å². The van der Waals surface area contributed by atoms with Crippen LogP contribution in [-0.4, -0.2) is 37.5 Å². The maximum Gasteiger partial charge on any atom is 0.338 e. The topological polar surface area (TPSA) is 102 Å². The zero-order valence-corrected chi connectivity index (χ0v) is 14.7. The molecule has 0 aliphatic heterocycles. The molecule has 0 saturated carbocycles. The number of nitro groups is 1. The molecule has 0 aliphatic carbocycles. The third kappa shape index (κ3) is 4.35. The Morgan fingerprint density at radius 1 is 1.19 bits per heavy atom. The first-order chi connectivity index (χ1) is 12.3.